The van der Waals surface area contributed by atoms with E-state index in [4.69, 9.17) is 4.74 Å². The van der Waals surface area contributed by atoms with Gasteiger partial charge in [-0.2, -0.15) is 15.0 Å². The lowest BCUT2D eigenvalue weighted by molar-refractivity contribution is 0.228. The molecule has 0 radical (unpaired) electrons. The molecular formula is C13H25N7O. The van der Waals surface area contributed by atoms with Gasteiger partial charge in [0.2, 0.25) is 11.9 Å². The number of anilines is 2. The van der Waals surface area contributed by atoms with Gasteiger partial charge in [-0.3, -0.25) is 4.90 Å². The number of methoxy groups -OCH3 is 1. The molecule has 0 unspecified atom stereocenters. The molecule has 1 aromatic heterocycles. The summed E-state index contributed by atoms with van der Waals surface area (Å²) in [4.78, 5) is 19.7. The summed E-state index contributed by atoms with van der Waals surface area (Å²) in [5, 5.41) is 2.94. The monoisotopic (exact) mass is 295 g/mol. The zero-order valence-corrected chi connectivity index (χ0v) is 13.3. The summed E-state index contributed by atoms with van der Waals surface area (Å²) in [6.07, 6.45) is 0. The number of aromatic nitrogens is 3. The Morgan fingerprint density at radius 3 is 2.43 bits per heavy atom. The summed E-state index contributed by atoms with van der Waals surface area (Å²) in [7, 11) is 7.56. The normalized spacial score (nSPS) is 16.3. The minimum atomic E-state index is 0.347. The number of ether oxygens (including phenoxy) is 1. The van der Waals surface area contributed by atoms with Crippen molar-refractivity contribution in [3.05, 3.63) is 0 Å². The Kier molecular flexibility index (Phi) is 5.51. The average molecular weight is 295 g/mol. The Hall–Kier alpha value is -1.67. The van der Waals surface area contributed by atoms with Crippen LogP contribution >= 0.6 is 0 Å². The highest BCUT2D eigenvalue weighted by Gasteiger charge is 2.20. The molecule has 8 nitrogen and oxygen atoms in total. The van der Waals surface area contributed by atoms with Crippen molar-refractivity contribution in [3.63, 3.8) is 0 Å². The van der Waals surface area contributed by atoms with E-state index in [0.29, 0.717) is 17.9 Å². The summed E-state index contributed by atoms with van der Waals surface area (Å²) in [6, 6.07) is 0.347. The first-order valence-electron chi connectivity index (χ1n) is 7.22. The first-order chi connectivity index (χ1) is 10.1. The van der Waals surface area contributed by atoms with Crippen LogP contribution in [0.1, 0.15) is 0 Å². The van der Waals surface area contributed by atoms with Crippen molar-refractivity contribution in [2.75, 3.05) is 77.7 Å². The topological polar surface area (TPSA) is 69.7 Å². The summed E-state index contributed by atoms with van der Waals surface area (Å²) in [6.45, 7) is 6.08. The Balaban J connectivity index is 1.95. The van der Waals surface area contributed by atoms with E-state index in [-0.39, 0.29) is 0 Å². The van der Waals surface area contributed by atoms with Crippen molar-refractivity contribution in [1.29, 1.82) is 0 Å². The molecule has 0 aliphatic carbocycles. The number of nitrogens with one attached hydrogen (secondary N) is 1. The van der Waals surface area contributed by atoms with Gasteiger partial charge in [-0.05, 0) is 14.1 Å². The first-order valence-corrected chi connectivity index (χ1v) is 7.22. The minimum absolute atomic E-state index is 0.347. The molecule has 1 fully saturated rings. The molecule has 21 heavy (non-hydrogen) atoms. The molecule has 1 aliphatic rings. The van der Waals surface area contributed by atoms with E-state index in [1.54, 1.807) is 14.2 Å². The Morgan fingerprint density at radius 2 is 1.86 bits per heavy atom. The van der Waals surface area contributed by atoms with Crippen LogP contribution in [0.15, 0.2) is 0 Å². The highest BCUT2D eigenvalue weighted by Crippen LogP contribution is 2.16. The van der Waals surface area contributed by atoms with Crippen LogP contribution in [0, 0.1) is 0 Å². The van der Waals surface area contributed by atoms with E-state index < -0.39 is 0 Å². The van der Waals surface area contributed by atoms with E-state index in [0.717, 1.165) is 39.3 Å². The van der Waals surface area contributed by atoms with E-state index in [2.05, 4.69) is 49.1 Å². The van der Waals surface area contributed by atoms with Crippen molar-refractivity contribution in [2.24, 2.45) is 0 Å². The number of nitrogens with zero attached hydrogens (tertiary/aromatic N) is 6. The van der Waals surface area contributed by atoms with E-state index in [1.165, 1.54) is 0 Å². The van der Waals surface area contributed by atoms with Crippen LogP contribution in [-0.2, 0) is 0 Å². The molecule has 0 aromatic carbocycles. The van der Waals surface area contributed by atoms with Crippen LogP contribution in [0.2, 0.25) is 0 Å². The molecule has 8 heteroatoms. The van der Waals surface area contributed by atoms with Crippen molar-refractivity contribution >= 4 is 11.9 Å². The van der Waals surface area contributed by atoms with Gasteiger partial charge < -0.3 is 19.9 Å². The fourth-order valence-electron chi connectivity index (χ4n) is 2.20. The first kappa shape index (κ1) is 15.7. The quantitative estimate of drug-likeness (QED) is 0.761. The largest absolute Gasteiger partial charge is 0.467 e. The van der Waals surface area contributed by atoms with Gasteiger partial charge >= 0.3 is 6.01 Å². The van der Waals surface area contributed by atoms with Crippen LogP contribution in [0.25, 0.3) is 0 Å². The zero-order valence-electron chi connectivity index (χ0n) is 13.3. The second-order valence-corrected chi connectivity index (χ2v) is 5.33. The standard InChI is InChI=1S/C13H25N7O/c1-14-11-15-12(17-13(16-11)21-4)20-9-7-19(8-10-20)6-5-18(2)3/h5-10H2,1-4H3,(H,14,15,16,17). The molecule has 0 atom stereocenters. The Morgan fingerprint density at radius 1 is 1.14 bits per heavy atom. The molecule has 1 aromatic rings. The number of rotatable bonds is 6. The average Bonchev–Trinajstić information content (AvgIpc) is 2.52. The molecule has 1 aliphatic heterocycles. The third kappa shape index (κ3) is 4.40. The second kappa shape index (κ2) is 7.37. The highest BCUT2D eigenvalue weighted by atomic mass is 16.5. The zero-order chi connectivity index (χ0) is 15.2. The molecule has 0 spiro atoms. The predicted molar refractivity (Wildman–Crippen MR) is 83.1 cm³/mol. The lowest BCUT2D eigenvalue weighted by Crippen LogP contribution is -2.48. The fourth-order valence-corrected chi connectivity index (χ4v) is 2.20. The third-order valence-electron chi connectivity index (χ3n) is 3.53. The summed E-state index contributed by atoms with van der Waals surface area (Å²) in [5.41, 5.74) is 0. The molecule has 2 rings (SSSR count). The van der Waals surface area contributed by atoms with Gasteiger partial charge in [0, 0.05) is 46.3 Å². The second-order valence-electron chi connectivity index (χ2n) is 5.33. The number of hydrogen-bond donors (Lipinski definition) is 1. The van der Waals surface area contributed by atoms with E-state index in [1.807, 2.05) is 0 Å². The SMILES string of the molecule is CNc1nc(OC)nc(N2CCN(CCN(C)C)CC2)n1. The van der Waals surface area contributed by atoms with Gasteiger partial charge in [-0.1, -0.05) is 0 Å². The van der Waals surface area contributed by atoms with Crippen LogP contribution in [0.5, 0.6) is 6.01 Å². The maximum absolute atomic E-state index is 5.13. The Bertz CT molecular complexity index is 424. The molecule has 2 heterocycles. The number of likely N-dealkylation sites (N-methyl/N-ethyl adjacent to an activating group) is 1. The molecular weight excluding hydrogens is 270 g/mol. The van der Waals surface area contributed by atoms with Crippen molar-refractivity contribution in [3.8, 4) is 6.01 Å². The molecule has 1 saturated heterocycles. The van der Waals surface area contributed by atoms with Crippen LogP contribution in [0.4, 0.5) is 11.9 Å². The molecule has 0 saturated carbocycles. The minimum Gasteiger partial charge on any atom is -0.467 e. The molecule has 118 valence electrons. The molecule has 0 amide bonds. The predicted octanol–water partition coefficient (Wildman–Crippen LogP) is -0.394. The van der Waals surface area contributed by atoms with Gasteiger partial charge in [-0.15, -0.1) is 0 Å². The van der Waals surface area contributed by atoms with Gasteiger partial charge in [0.25, 0.3) is 0 Å². The third-order valence-corrected chi connectivity index (χ3v) is 3.53. The Labute approximate surface area is 126 Å². The number of hydrogen-bond acceptors (Lipinski definition) is 8. The highest BCUT2D eigenvalue weighted by molar-refractivity contribution is 5.38. The van der Waals surface area contributed by atoms with Crippen molar-refractivity contribution < 1.29 is 4.74 Å². The maximum atomic E-state index is 5.13. The van der Waals surface area contributed by atoms with Crippen molar-refractivity contribution in [2.45, 2.75) is 0 Å². The lowest BCUT2D eigenvalue weighted by Gasteiger charge is -2.35. The van der Waals surface area contributed by atoms with Gasteiger partial charge in [0.15, 0.2) is 0 Å². The summed E-state index contributed by atoms with van der Waals surface area (Å²) in [5.74, 6) is 1.21. The van der Waals surface area contributed by atoms with E-state index in [9.17, 15) is 0 Å². The van der Waals surface area contributed by atoms with Crippen LogP contribution < -0.4 is 15.0 Å². The van der Waals surface area contributed by atoms with E-state index >= 15 is 0 Å². The lowest BCUT2D eigenvalue weighted by atomic mass is 10.3. The van der Waals surface area contributed by atoms with Crippen LogP contribution in [0.3, 0.4) is 0 Å². The van der Waals surface area contributed by atoms with Crippen LogP contribution in [-0.4, -0.2) is 92.3 Å². The fraction of sp³-hybridized carbons (Fsp3) is 0.769. The smallest absolute Gasteiger partial charge is 0.322 e. The molecule has 0 bridgehead atoms. The maximum Gasteiger partial charge on any atom is 0.322 e. The van der Waals surface area contributed by atoms with Gasteiger partial charge in [-0.25, -0.2) is 0 Å². The van der Waals surface area contributed by atoms with Crippen molar-refractivity contribution in [1.82, 2.24) is 24.8 Å². The van der Waals surface area contributed by atoms with Gasteiger partial charge in [0.05, 0.1) is 7.11 Å². The summed E-state index contributed by atoms with van der Waals surface area (Å²) < 4.78 is 5.13. The van der Waals surface area contributed by atoms with Gasteiger partial charge in [0.1, 0.15) is 0 Å². The summed E-state index contributed by atoms with van der Waals surface area (Å²) >= 11 is 0. The molecule has 1 N–H and O–H groups in total. The number of piperazine rings is 1.